The molecule has 0 saturated carbocycles. The molecule has 0 unspecified atom stereocenters. The van der Waals surface area contributed by atoms with Gasteiger partial charge in [-0.3, -0.25) is 13.9 Å². The van der Waals surface area contributed by atoms with Crippen LogP contribution in [0.1, 0.15) is 59.1 Å². The summed E-state index contributed by atoms with van der Waals surface area (Å²) in [5.74, 6) is -0.745. The van der Waals surface area contributed by atoms with E-state index >= 15 is 0 Å². The Hall–Kier alpha value is -2.39. The van der Waals surface area contributed by atoms with E-state index in [4.69, 9.17) is 0 Å². The van der Waals surface area contributed by atoms with Gasteiger partial charge in [0.15, 0.2) is 0 Å². The maximum absolute atomic E-state index is 13.6. The number of rotatable bonds is 10. The van der Waals surface area contributed by atoms with Crippen LogP contribution in [-0.2, 0) is 31.6 Å². The van der Waals surface area contributed by atoms with Gasteiger partial charge in [0.05, 0.1) is 11.9 Å². The van der Waals surface area contributed by atoms with Crippen molar-refractivity contribution in [1.29, 1.82) is 0 Å². The van der Waals surface area contributed by atoms with E-state index in [0.717, 1.165) is 32.6 Å². The number of benzene rings is 2. The minimum absolute atomic E-state index is 0.0431. The molecule has 0 radical (unpaired) electrons. The Bertz CT molecular complexity index is 1140. The molecule has 0 saturated heterocycles. The molecule has 2 amide bonds. The Kier molecular flexibility index (Phi) is 10.1. The Morgan fingerprint density at radius 3 is 2.03 bits per heavy atom. The van der Waals surface area contributed by atoms with Gasteiger partial charge in [-0.05, 0) is 61.1 Å². The summed E-state index contributed by atoms with van der Waals surface area (Å²) >= 11 is 3.41. The standard InChI is InChI=1S/C27H38BrN3O4S/c1-8-19(2)29-26(33)20(3)30(17-21-9-13-23(28)14-10-21)25(32)18-31(36(7,34)35)24-15-11-22(12-16-24)27(4,5)6/h9-16,19-20H,8,17-18H2,1-7H3,(H,29,33)/t19-,20-/m0/s1. The number of carbonyl (C=O) groups excluding carboxylic acids is 2. The van der Waals surface area contributed by atoms with E-state index in [-0.39, 0.29) is 23.9 Å². The van der Waals surface area contributed by atoms with Crippen LogP contribution in [0.4, 0.5) is 5.69 Å². The third-order valence-electron chi connectivity index (χ3n) is 6.14. The van der Waals surface area contributed by atoms with E-state index in [1.165, 1.54) is 4.90 Å². The average molecular weight is 581 g/mol. The van der Waals surface area contributed by atoms with E-state index in [1.54, 1.807) is 19.1 Å². The van der Waals surface area contributed by atoms with Crippen LogP contribution in [0.15, 0.2) is 53.0 Å². The average Bonchev–Trinajstić information content (AvgIpc) is 2.80. The van der Waals surface area contributed by atoms with Crippen LogP contribution in [0.5, 0.6) is 0 Å². The second kappa shape index (κ2) is 12.2. The minimum Gasteiger partial charge on any atom is -0.352 e. The highest BCUT2D eigenvalue weighted by molar-refractivity contribution is 9.10. The van der Waals surface area contributed by atoms with E-state index < -0.39 is 28.5 Å². The lowest BCUT2D eigenvalue weighted by Gasteiger charge is -2.32. The summed E-state index contributed by atoms with van der Waals surface area (Å²) in [4.78, 5) is 28.0. The molecule has 9 heteroatoms. The van der Waals surface area contributed by atoms with Gasteiger partial charge in [0.2, 0.25) is 21.8 Å². The van der Waals surface area contributed by atoms with Crippen molar-refractivity contribution in [3.63, 3.8) is 0 Å². The van der Waals surface area contributed by atoms with E-state index in [0.29, 0.717) is 5.69 Å². The molecule has 0 bridgehead atoms. The zero-order valence-electron chi connectivity index (χ0n) is 22.2. The van der Waals surface area contributed by atoms with Crippen molar-refractivity contribution < 1.29 is 18.0 Å². The number of sulfonamides is 1. The van der Waals surface area contributed by atoms with Crippen molar-refractivity contribution >= 4 is 43.5 Å². The Balaban J connectivity index is 2.39. The predicted octanol–water partition coefficient (Wildman–Crippen LogP) is 4.84. The number of halogens is 1. The molecule has 0 fully saturated rings. The van der Waals surface area contributed by atoms with Gasteiger partial charge in [0.25, 0.3) is 0 Å². The van der Waals surface area contributed by atoms with Crippen molar-refractivity contribution in [3.8, 4) is 0 Å². The van der Waals surface area contributed by atoms with E-state index in [1.807, 2.05) is 50.2 Å². The van der Waals surface area contributed by atoms with Gasteiger partial charge in [-0.15, -0.1) is 0 Å². The zero-order valence-corrected chi connectivity index (χ0v) is 24.6. The molecule has 2 rings (SSSR count). The quantitative estimate of drug-likeness (QED) is 0.436. The largest absolute Gasteiger partial charge is 0.352 e. The molecule has 0 aliphatic heterocycles. The van der Waals surface area contributed by atoms with E-state index in [2.05, 4.69) is 42.0 Å². The van der Waals surface area contributed by atoms with Crippen LogP contribution in [0.25, 0.3) is 0 Å². The summed E-state index contributed by atoms with van der Waals surface area (Å²) in [6.07, 6.45) is 1.83. The van der Waals surface area contributed by atoms with Gasteiger partial charge < -0.3 is 10.2 Å². The third kappa shape index (κ3) is 8.34. The lowest BCUT2D eigenvalue weighted by Crippen LogP contribution is -2.52. The fourth-order valence-corrected chi connectivity index (χ4v) is 4.69. The fraction of sp³-hybridized carbons (Fsp3) is 0.481. The number of anilines is 1. The Morgan fingerprint density at radius 2 is 1.56 bits per heavy atom. The SMILES string of the molecule is CC[C@H](C)NC(=O)[C@H](C)N(Cc1ccc(Br)cc1)C(=O)CN(c1ccc(C(C)(C)C)cc1)S(C)(=O)=O. The topological polar surface area (TPSA) is 86.8 Å². The molecule has 36 heavy (non-hydrogen) atoms. The smallest absolute Gasteiger partial charge is 0.244 e. The van der Waals surface area contributed by atoms with Gasteiger partial charge in [-0.25, -0.2) is 8.42 Å². The van der Waals surface area contributed by atoms with Crippen LogP contribution in [0.3, 0.4) is 0 Å². The highest BCUT2D eigenvalue weighted by Crippen LogP contribution is 2.26. The summed E-state index contributed by atoms with van der Waals surface area (Å²) in [5.41, 5.74) is 2.19. The first-order valence-corrected chi connectivity index (χ1v) is 14.7. The highest BCUT2D eigenvalue weighted by Gasteiger charge is 2.30. The van der Waals surface area contributed by atoms with Gasteiger partial charge in [0.1, 0.15) is 12.6 Å². The molecular formula is C27H38BrN3O4S. The number of nitrogens with one attached hydrogen (secondary N) is 1. The van der Waals surface area contributed by atoms with Gasteiger partial charge in [-0.2, -0.15) is 0 Å². The normalized spacial score (nSPS) is 13.6. The monoisotopic (exact) mass is 579 g/mol. The zero-order chi connectivity index (χ0) is 27.3. The highest BCUT2D eigenvalue weighted by atomic mass is 79.9. The molecule has 2 atom stereocenters. The van der Waals surface area contributed by atoms with Gasteiger partial charge >= 0.3 is 0 Å². The first-order valence-electron chi connectivity index (χ1n) is 12.1. The van der Waals surface area contributed by atoms with Crippen LogP contribution in [0.2, 0.25) is 0 Å². The maximum atomic E-state index is 13.6. The van der Waals surface area contributed by atoms with Crippen LogP contribution in [-0.4, -0.2) is 50.0 Å². The van der Waals surface area contributed by atoms with E-state index in [9.17, 15) is 18.0 Å². The first-order chi connectivity index (χ1) is 16.6. The molecule has 2 aromatic rings. The number of hydrogen-bond donors (Lipinski definition) is 1. The summed E-state index contributed by atoms with van der Waals surface area (Å²) in [7, 11) is -3.76. The van der Waals surface area contributed by atoms with Crippen molar-refractivity contribution in [3.05, 3.63) is 64.1 Å². The van der Waals surface area contributed by atoms with Crippen molar-refractivity contribution in [2.75, 3.05) is 17.1 Å². The molecule has 1 N–H and O–H groups in total. The lowest BCUT2D eigenvalue weighted by atomic mass is 9.87. The molecule has 0 aromatic heterocycles. The minimum atomic E-state index is -3.76. The maximum Gasteiger partial charge on any atom is 0.244 e. The summed E-state index contributed by atoms with van der Waals surface area (Å²) in [5, 5.41) is 2.92. The molecule has 0 aliphatic carbocycles. The third-order valence-corrected chi connectivity index (χ3v) is 7.80. The van der Waals surface area contributed by atoms with Gasteiger partial charge in [0, 0.05) is 17.1 Å². The fourth-order valence-electron chi connectivity index (χ4n) is 3.58. The van der Waals surface area contributed by atoms with Gasteiger partial charge in [-0.1, -0.05) is 67.9 Å². The van der Waals surface area contributed by atoms with Crippen LogP contribution < -0.4 is 9.62 Å². The molecule has 0 heterocycles. The molecule has 2 aromatic carbocycles. The second-order valence-electron chi connectivity index (χ2n) is 10.2. The number of hydrogen-bond acceptors (Lipinski definition) is 4. The number of amides is 2. The molecular weight excluding hydrogens is 542 g/mol. The summed E-state index contributed by atoms with van der Waals surface area (Å²) < 4.78 is 27.4. The van der Waals surface area contributed by atoms with Crippen molar-refractivity contribution in [2.24, 2.45) is 0 Å². The molecule has 198 valence electrons. The summed E-state index contributed by atoms with van der Waals surface area (Å²) in [6.45, 7) is 11.5. The number of carbonyl (C=O) groups is 2. The molecule has 7 nitrogen and oxygen atoms in total. The van der Waals surface area contributed by atoms with Crippen molar-refractivity contribution in [2.45, 2.75) is 72.0 Å². The summed E-state index contributed by atoms with van der Waals surface area (Å²) in [6, 6.07) is 13.8. The second-order valence-corrected chi connectivity index (χ2v) is 13.0. The predicted molar refractivity (Wildman–Crippen MR) is 149 cm³/mol. The van der Waals surface area contributed by atoms with Crippen molar-refractivity contribution in [1.82, 2.24) is 10.2 Å². The molecule has 0 aliphatic rings. The lowest BCUT2D eigenvalue weighted by molar-refractivity contribution is -0.139. The van der Waals surface area contributed by atoms with Crippen LogP contribution >= 0.6 is 15.9 Å². The van der Waals surface area contributed by atoms with Crippen LogP contribution in [0, 0.1) is 0 Å². The Labute approximate surface area is 224 Å². The molecule has 0 spiro atoms. The number of nitrogens with zero attached hydrogens (tertiary/aromatic N) is 2. The first kappa shape index (κ1) is 29.8. The Morgan fingerprint density at radius 1 is 1.00 bits per heavy atom.